The van der Waals surface area contributed by atoms with Crippen molar-refractivity contribution >= 4 is 34.3 Å². The van der Waals surface area contributed by atoms with Gasteiger partial charge in [0.15, 0.2) is 11.2 Å². The van der Waals surface area contributed by atoms with Gasteiger partial charge in [0.2, 0.25) is 0 Å². The van der Waals surface area contributed by atoms with Gasteiger partial charge in [-0.3, -0.25) is 9.36 Å². The molecule has 0 aliphatic carbocycles. The molecule has 4 rings (SSSR count). The predicted molar refractivity (Wildman–Crippen MR) is 106 cm³/mol. The zero-order chi connectivity index (χ0) is 20.7. The van der Waals surface area contributed by atoms with E-state index in [9.17, 15) is 14.7 Å². The first-order valence-electron chi connectivity index (χ1n) is 8.69. The maximum Gasteiger partial charge on any atom is 0.326 e. The van der Waals surface area contributed by atoms with Crippen molar-refractivity contribution < 1.29 is 14.6 Å². The first-order chi connectivity index (χ1) is 13.9. The minimum absolute atomic E-state index is 0.0298. The van der Waals surface area contributed by atoms with Gasteiger partial charge in [0.05, 0.1) is 17.9 Å². The number of fused-ring (bicyclic) bond motifs is 3. The fourth-order valence-corrected chi connectivity index (χ4v) is 3.30. The quantitative estimate of drug-likeness (QED) is 0.535. The van der Waals surface area contributed by atoms with Gasteiger partial charge in [-0.15, -0.1) is 10.2 Å². The molecule has 10 heteroatoms. The van der Waals surface area contributed by atoms with Gasteiger partial charge in [0.25, 0.3) is 5.56 Å². The Labute approximate surface area is 169 Å². The summed E-state index contributed by atoms with van der Waals surface area (Å²) in [6.45, 7) is 1.65. The zero-order valence-electron chi connectivity index (χ0n) is 15.5. The SMILES string of the molecule is COCc1nn2c(nnc3c(=O)n([C@H](C)C(=O)O)ccc32)c1-c1ccc(Cl)cc1. The Morgan fingerprint density at radius 3 is 2.62 bits per heavy atom. The number of carbonyl (C=O) groups is 1. The Kier molecular flexibility index (Phi) is 4.77. The first kappa shape index (κ1) is 19.0. The molecule has 0 aliphatic rings. The van der Waals surface area contributed by atoms with Crippen LogP contribution in [-0.4, -0.2) is 42.6 Å². The third kappa shape index (κ3) is 3.14. The van der Waals surface area contributed by atoms with Gasteiger partial charge in [-0.1, -0.05) is 23.7 Å². The number of halogens is 1. The average molecular weight is 414 g/mol. The Morgan fingerprint density at radius 2 is 1.97 bits per heavy atom. The molecular weight excluding hydrogens is 398 g/mol. The van der Waals surface area contributed by atoms with Crippen LogP contribution in [0.3, 0.4) is 0 Å². The van der Waals surface area contributed by atoms with Crippen molar-refractivity contribution in [2.75, 3.05) is 7.11 Å². The van der Waals surface area contributed by atoms with Crippen LogP contribution in [0.2, 0.25) is 5.02 Å². The number of aliphatic carboxylic acids is 1. The Morgan fingerprint density at radius 1 is 1.24 bits per heavy atom. The third-order valence-corrected chi connectivity index (χ3v) is 4.92. The fourth-order valence-electron chi connectivity index (χ4n) is 3.18. The number of methoxy groups -OCH3 is 1. The monoisotopic (exact) mass is 413 g/mol. The third-order valence-electron chi connectivity index (χ3n) is 4.67. The molecule has 0 unspecified atom stereocenters. The van der Waals surface area contributed by atoms with Gasteiger partial charge < -0.3 is 9.84 Å². The van der Waals surface area contributed by atoms with Gasteiger partial charge in [-0.2, -0.15) is 5.10 Å². The second-order valence-corrected chi connectivity index (χ2v) is 6.91. The lowest BCUT2D eigenvalue weighted by Gasteiger charge is -2.11. The zero-order valence-corrected chi connectivity index (χ0v) is 16.3. The highest BCUT2D eigenvalue weighted by Crippen LogP contribution is 2.30. The number of pyridine rings is 1. The van der Waals surface area contributed by atoms with E-state index in [1.54, 1.807) is 25.3 Å². The number of carboxylic acids is 1. The molecule has 3 heterocycles. The van der Waals surface area contributed by atoms with E-state index in [4.69, 9.17) is 16.3 Å². The normalized spacial score (nSPS) is 12.5. The summed E-state index contributed by atoms with van der Waals surface area (Å²) in [5.41, 5.74) is 2.53. The smallest absolute Gasteiger partial charge is 0.326 e. The van der Waals surface area contributed by atoms with Gasteiger partial charge in [-0.25, -0.2) is 9.31 Å². The van der Waals surface area contributed by atoms with Crippen LogP contribution in [0.25, 0.3) is 27.8 Å². The van der Waals surface area contributed by atoms with E-state index in [0.717, 1.165) is 15.7 Å². The van der Waals surface area contributed by atoms with Gasteiger partial charge >= 0.3 is 5.97 Å². The first-order valence-corrected chi connectivity index (χ1v) is 9.07. The second-order valence-electron chi connectivity index (χ2n) is 6.47. The van der Waals surface area contributed by atoms with Crippen molar-refractivity contribution in [3.8, 4) is 11.1 Å². The van der Waals surface area contributed by atoms with Crippen molar-refractivity contribution in [2.24, 2.45) is 0 Å². The number of nitrogens with zero attached hydrogens (tertiary/aromatic N) is 5. The number of ether oxygens (including phenoxy) is 1. The van der Waals surface area contributed by atoms with Crippen LogP contribution in [-0.2, 0) is 16.1 Å². The summed E-state index contributed by atoms with van der Waals surface area (Å²) in [5, 5.41) is 22.7. The summed E-state index contributed by atoms with van der Waals surface area (Å²) in [6.07, 6.45) is 1.42. The van der Waals surface area contributed by atoms with Gasteiger partial charge in [0.1, 0.15) is 11.6 Å². The number of aromatic nitrogens is 5. The molecule has 0 radical (unpaired) electrons. The van der Waals surface area contributed by atoms with E-state index in [1.165, 1.54) is 17.6 Å². The molecule has 0 bridgehead atoms. The predicted octanol–water partition coefficient (Wildman–Crippen LogP) is 2.55. The van der Waals surface area contributed by atoms with Crippen molar-refractivity contribution in [3.05, 3.63) is 57.6 Å². The van der Waals surface area contributed by atoms with E-state index in [1.807, 2.05) is 12.1 Å². The summed E-state index contributed by atoms with van der Waals surface area (Å²) in [7, 11) is 1.56. The maximum absolute atomic E-state index is 12.8. The number of benzene rings is 1. The molecule has 148 valence electrons. The van der Waals surface area contributed by atoms with Crippen LogP contribution in [0.1, 0.15) is 18.7 Å². The molecule has 0 spiro atoms. The lowest BCUT2D eigenvalue weighted by Crippen LogP contribution is -2.28. The van der Waals surface area contributed by atoms with Crippen molar-refractivity contribution in [3.63, 3.8) is 0 Å². The molecule has 0 saturated carbocycles. The Bertz CT molecular complexity index is 1300. The summed E-state index contributed by atoms with van der Waals surface area (Å²) in [6, 6.07) is 7.78. The van der Waals surface area contributed by atoms with Crippen molar-refractivity contribution in [2.45, 2.75) is 19.6 Å². The standard InChI is InChI=1S/C19H16ClN5O4/c1-10(19(27)28)24-8-7-14-16(18(24)26)21-22-17-15(11-3-5-12(20)6-4-11)13(9-29-2)23-25(14)17/h3-8,10H,9H2,1-2H3,(H,27,28)/t10-/m1/s1. The van der Waals surface area contributed by atoms with E-state index in [2.05, 4.69) is 15.3 Å². The van der Waals surface area contributed by atoms with E-state index in [-0.39, 0.29) is 12.1 Å². The summed E-state index contributed by atoms with van der Waals surface area (Å²) in [5.74, 6) is -1.12. The molecule has 0 amide bonds. The lowest BCUT2D eigenvalue weighted by atomic mass is 10.1. The van der Waals surface area contributed by atoms with Crippen LogP contribution in [0, 0.1) is 0 Å². The summed E-state index contributed by atoms with van der Waals surface area (Å²) in [4.78, 5) is 24.0. The summed E-state index contributed by atoms with van der Waals surface area (Å²) < 4.78 is 7.90. The lowest BCUT2D eigenvalue weighted by molar-refractivity contribution is -0.140. The van der Waals surface area contributed by atoms with Gasteiger partial charge in [0, 0.05) is 18.3 Å². The molecule has 1 N–H and O–H groups in total. The fraction of sp³-hybridized carbons (Fsp3) is 0.211. The van der Waals surface area contributed by atoms with Crippen LogP contribution in [0.5, 0.6) is 0 Å². The average Bonchev–Trinajstić information content (AvgIpc) is 3.07. The largest absolute Gasteiger partial charge is 0.480 e. The minimum Gasteiger partial charge on any atom is -0.480 e. The number of hydrogen-bond donors (Lipinski definition) is 1. The molecule has 4 aromatic rings. The highest BCUT2D eigenvalue weighted by atomic mass is 35.5. The Hall–Kier alpha value is -3.30. The molecule has 1 aromatic carbocycles. The highest BCUT2D eigenvalue weighted by Gasteiger charge is 2.21. The molecular formula is C19H16ClN5O4. The maximum atomic E-state index is 12.8. The van der Waals surface area contributed by atoms with Crippen molar-refractivity contribution in [1.29, 1.82) is 0 Å². The second kappa shape index (κ2) is 7.26. The van der Waals surface area contributed by atoms with Crippen LogP contribution in [0.4, 0.5) is 0 Å². The molecule has 9 nitrogen and oxygen atoms in total. The van der Waals surface area contributed by atoms with E-state index in [0.29, 0.717) is 21.9 Å². The van der Waals surface area contributed by atoms with Gasteiger partial charge in [-0.05, 0) is 30.7 Å². The van der Waals surface area contributed by atoms with Crippen LogP contribution >= 0.6 is 11.6 Å². The summed E-state index contributed by atoms with van der Waals surface area (Å²) >= 11 is 6.00. The molecule has 3 aromatic heterocycles. The molecule has 0 aliphatic heterocycles. The minimum atomic E-state index is -1.12. The number of carboxylic acid groups (broad SMARTS) is 1. The topological polar surface area (TPSA) is 112 Å². The van der Waals surface area contributed by atoms with Crippen LogP contribution in [0.15, 0.2) is 41.3 Å². The number of rotatable bonds is 5. The van der Waals surface area contributed by atoms with Crippen LogP contribution < -0.4 is 5.56 Å². The molecule has 1 atom stereocenters. The highest BCUT2D eigenvalue weighted by molar-refractivity contribution is 6.30. The Balaban J connectivity index is 2.01. The van der Waals surface area contributed by atoms with Crippen molar-refractivity contribution in [1.82, 2.24) is 24.4 Å². The number of hydrogen-bond acceptors (Lipinski definition) is 6. The van der Waals surface area contributed by atoms with E-state index < -0.39 is 17.6 Å². The van der Waals surface area contributed by atoms with E-state index >= 15 is 0 Å². The molecule has 0 fully saturated rings. The molecule has 0 saturated heterocycles. The molecule has 29 heavy (non-hydrogen) atoms.